The summed E-state index contributed by atoms with van der Waals surface area (Å²) in [5.74, 6) is 1.65. The minimum atomic E-state index is -0.690. The van der Waals surface area contributed by atoms with Crippen LogP contribution in [0.1, 0.15) is 46.5 Å². The predicted octanol–water partition coefficient (Wildman–Crippen LogP) is 1.86. The largest absolute Gasteiger partial charge is 0.388 e. The molecule has 0 aromatic rings. The summed E-state index contributed by atoms with van der Waals surface area (Å²) in [6.07, 6.45) is 4.10. The Hall–Kier alpha value is -0.810. The Bertz CT molecular complexity index is 313. The molecule has 0 spiro atoms. The first-order valence-corrected chi connectivity index (χ1v) is 8.34. The summed E-state index contributed by atoms with van der Waals surface area (Å²) in [4.78, 5) is 6.65. The number of nitrogens with one attached hydrogen (secondary N) is 1. The van der Waals surface area contributed by atoms with Gasteiger partial charge < -0.3 is 20.1 Å². The van der Waals surface area contributed by atoms with Crippen LogP contribution in [0.3, 0.4) is 0 Å². The summed E-state index contributed by atoms with van der Waals surface area (Å²) >= 11 is 0. The van der Waals surface area contributed by atoms with Crippen LogP contribution in [0.15, 0.2) is 4.99 Å². The number of hydrogen-bond donors (Lipinski definition) is 2. The maximum atomic E-state index is 10.3. The van der Waals surface area contributed by atoms with E-state index in [1.165, 1.54) is 12.8 Å². The second-order valence-electron chi connectivity index (χ2n) is 6.04. The van der Waals surface area contributed by atoms with Gasteiger partial charge in [-0.15, -0.1) is 0 Å². The molecule has 0 amide bonds. The molecule has 5 nitrogen and oxygen atoms in total. The van der Waals surface area contributed by atoms with Crippen LogP contribution in [0.2, 0.25) is 0 Å². The fourth-order valence-corrected chi connectivity index (χ4v) is 2.01. The average molecular weight is 299 g/mol. The number of rotatable bonds is 10. The maximum Gasteiger partial charge on any atom is 0.193 e. The van der Waals surface area contributed by atoms with Gasteiger partial charge in [0.1, 0.15) is 0 Å². The first kappa shape index (κ1) is 18.2. The van der Waals surface area contributed by atoms with Gasteiger partial charge in [0.05, 0.1) is 18.8 Å². The van der Waals surface area contributed by atoms with Crippen LogP contribution in [-0.4, -0.2) is 61.5 Å². The molecule has 0 aliphatic heterocycles. The Balaban J connectivity index is 2.40. The fourth-order valence-electron chi connectivity index (χ4n) is 2.01. The van der Waals surface area contributed by atoms with Crippen LogP contribution >= 0.6 is 0 Å². The molecule has 0 radical (unpaired) electrons. The van der Waals surface area contributed by atoms with Crippen LogP contribution < -0.4 is 5.32 Å². The minimum Gasteiger partial charge on any atom is -0.388 e. The normalized spacial score (nSPS) is 16.1. The van der Waals surface area contributed by atoms with Crippen LogP contribution in [0.5, 0.6) is 0 Å². The summed E-state index contributed by atoms with van der Waals surface area (Å²) in [6.45, 7) is 9.76. The lowest BCUT2D eigenvalue weighted by atomic mass is 9.98. The molecule has 0 aromatic heterocycles. The predicted molar refractivity (Wildman–Crippen MR) is 87.7 cm³/mol. The van der Waals surface area contributed by atoms with E-state index in [1.54, 1.807) is 0 Å². The van der Waals surface area contributed by atoms with Crippen LogP contribution in [0, 0.1) is 5.92 Å². The van der Waals surface area contributed by atoms with Gasteiger partial charge in [-0.25, -0.2) is 0 Å². The second-order valence-corrected chi connectivity index (χ2v) is 6.04. The summed E-state index contributed by atoms with van der Waals surface area (Å²) in [5, 5.41) is 13.6. The summed E-state index contributed by atoms with van der Waals surface area (Å²) in [7, 11) is 2.01. The van der Waals surface area contributed by atoms with E-state index in [1.807, 2.05) is 20.9 Å². The lowest BCUT2D eigenvalue weighted by Crippen LogP contribution is -2.42. The lowest BCUT2D eigenvalue weighted by molar-refractivity contribution is 0.0415. The Morgan fingerprint density at radius 1 is 1.33 bits per heavy atom. The van der Waals surface area contributed by atoms with Crippen molar-refractivity contribution in [2.75, 3.05) is 39.9 Å². The second kappa shape index (κ2) is 9.26. The molecule has 1 rings (SSSR count). The van der Waals surface area contributed by atoms with Gasteiger partial charge >= 0.3 is 0 Å². The molecule has 0 atom stereocenters. The Morgan fingerprint density at radius 3 is 2.52 bits per heavy atom. The van der Waals surface area contributed by atoms with Gasteiger partial charge in [0.15, 0.2) is 5.96 Å². The summed E-state index contributed by atoms with van der Waals surface area (Å²) in [6, 6.07) is 0. The van der Waals surface area contributed by atoms with Crippen LogP contribution in [0.4, 0.5) is 0 Å². The molecule has 5 heteroatoms. The van der Waals surface area contributed by atoms with E-state index < -0.39 is 5.60 Å². The van der Waals surface area contributed by atoms with E-state index in [0.717, 1.165) is 51.0 Å². The zero-order valence-electron chi connectivity index (χ0n) is 14.2. The number of ether oxygens (including phenoxy) is 1. The smallest absolute Gasteiger partial charge is 0.193 e. The molecule has 0 unspecified atom stereocenters. The zero-order chi connectivity index (χ0) is 15.7. The van der Waals surface area contributed by atoms with Crippen molar-refractivity contribution in [3.05, 3.63) is 0 Å². The molecule has 1 aliphatic rings. The topological polar surface area (TPSA) is 57.1 Å². The van der Waals surface area contributed by atoms with Crippen molar-refractivity contribution in [3.63, 3.8) is 0 Å². The highest BCUT2D eigenvalue weighted by atomic mass is 16.5. The molecule has 124 valence electrons. The van der Waals surface area contributed by atoms with Crippen molar-refractivity contribution < 1.29 is 9.84 Å². The van der Waals surface area contributed by atoms with Crippen molar-refractivity contribution in [1.29, 1.82) is 0 Å². The average Bonchev–Trinajstić information content (AvgIpc) is 3.31. The minimum absolute atomic E-state index is 0.440. The third-order valence-electron chi connectivity index (χ3n) is 4.16. The molecular weight excluding hydrogens is 266 g/mol. The third kappa shape index (κ3) is 7.14. The van der Waals surface area contributed by atoms with Crippen molar-refractivity contribution in [2.24, 2.45) is 10.9 Å². The molecule has 1 aliphatic carbocycles. The Kier molecular flexibility index (Phi) is 8.04. The van der Waals surface area contributed by atoms with Crippen LogP contribution in [0.25, 0.3) is 0 Å². The van der Waals surface area contributed by atoms with E-state index in [-0.39, 0.29) is 0 Å². The lowest BCUT2D eigenvalue weighted by Gasteiger charge is -2.26. The van der Waals surface area contributed by atoms with E-state index >= 15 is 0 Å². The Labute approximate surface area is 129 Å². The molecule has 21 heavy (non-hydrogen) atoms. The fraction of sp³-hybridized carbons (Fsp3) is 0.938. The van der Waals surface area contributed by atoms with Crippen molar-refractivity contribution in [1.82, 2.24) is 10.2 Å². The zero-order valence-corrected chi connectivity index (χ0v) is 14.2. The van der Waals surface area contributed by atoms with E-state index in [0.29, 0.717) is 6.54 Å². The van der Waals surface area contributed by atoms with E-state index in [4.69, 9.17) is 4.74 Å². The van der Waals surface area contributed by atoms with Gasteiger partial charge in [-0.2, -0.15) is 0 Å². The van der Waals surface area contributed by atoms with E-state index in [2.05, 4.69) is 22.1 Å². The standard InChI is InChI=1S/C16H33N3O2/c1-5-16(20,6-2)13-18-15(17-7-3)19(4)10-11-21-12-14-8-9-14/h14,20H,5-13H2,1-4H3,(H,17,18). The van der Waals surface area contributed by atoms with Gasteiger partial charge in [-0.3, -0.25) is 4.99 Å². The monoisotopic (exact) mass is 299 g/mol. The molecule has 1 fully saturated rings. The highest BCUT2D eigenvalue weighted by Gasteiger charge is 2.22. The van der Waals surface area contributed by atoms with Crippen molar-refractivity contribution >= 4 is 5.96 Å². The molecule has 0 bridgehead atoms. The first-order chi connectivity index (χ1) is 10.0. The van der Waals surface area contributed by atoms with Gasteiger partial charge in [0, 0.05) is 26.7 Å². The van der Waals surface area contributed by atoms with Crippen molar-refractivity contribution in [2.45, 2.75) is 52.1 Å². The molecule has 2 N–H and O–H groups in total. The van der Waals surface area contributed by atoms with Gasteiger partial charge in [0.2, 0.25) is 0 Å². The summed E-state index contributed by atoms with van der Waals surface area (Å²) < 4.78 is 5.67. The third-order valence-corrected chi connectivity index (χ3v) is 4.16. The number of nitrogens with zero attached hydrogens (tertiary/aromatic N) is 2. The van der Waals surface area contributed by atoms with Crippen molar-refractivity contribution in [3.8, 4) is 0 Å². The molecule has 0 heterocycles. The van der Waals surface area contributed by atoms with Gasteiger partial charge in [-0.1, -0.05) is 13.8 Å². The number of guanidine groups is 1. The molecular formula is C16H33N3O2. The quantitative estimate of drug-likeness (QED) is 0.367. The molecule has 0 saturated heterocycles. The maximum absolute atomic E-state index is 10.3. The number of hydrogen-bond acceptors (Lipinski definition) is 3. The highest BCUT2D eigenvalue weighted by Crippen LogP contribution is 2.28. The summed E-state index contributed by atoms with van der Waals surface area (Å²) in [5.41, 5.74) is -0.690. The van der Waals surface area contributed by atoms with Gasteiger partial charge in [-0.05, 0) is 38.5 Å². The molecule has 1 saturated carbocycles. The van der Waals surface area contributed by atoms with E-state index in [9.17, 15) is 5.11 Å². The SMILES string of the molecule is CCNC(=NCC(O)(CC)CC)N(C)CCOCC1CC1. The number of aliphatic hydroxyl groups is 1. The molecule has 0 aromatic carbocycles. The van der Waals surface area contributed by atoms with Crippen LogP contribution in [-0.2, 0) is 4.74 Å². The van der Waals surface area contributed by atoms with Gasteiger partial charge in [0.25, 0.3) is 0 Å². The highest BCUT2D eigenvalue weighted by molar-refractivity contribution is 5.79. The Morgan fingerprint density at radius 2 is 2.00 bits per heavy atom. The number of aliphatic imine (C=N–C) groups is 1. The number of likely N-dealkylation sites (N-methyl/N-ethyl adjacent to an activating group) is 1. The first-order valence-electron chi connectivity index (χ1n) is 8.34.